The molecule has 0 bridgehead atoms. The highest BCUT2D eigenvalue weighted by Crippen LogP contribution is 2.45. The van der Waals surface area contributed by atoms with Crippen molar-refractivity contribution in [2.45, 2.75) is 32.0 Å². The molecule has 0 saturated heterocycles. The summed E-state index contributed by atoms with van der Waals surface area (Å²) in [6, 6.07) is 5.35. The van der Waals surface area contributed by atoms with Crippen LogP contribution < -0.4 is 0 Å². The van der Waals surface area contributed by atoms with Gasteiger partial charge in [0, 0.05) is 29.4 Å². The number of nitrogens with zero attached hydrogens (tertiary/aromatic N) is 7. The molecule has 13 heteroatoms. The fourth-order valence-corrected chi connectivity index (χ4v) is 3.40. The number of halogens is 5. The summed E-state index contributed by atoms with van der Waals surface area (Å²) in [4.78, 5) is 7.99. The molecule has 5 heterocycles. The van der Waals surface area contributed by atoms with Gasteiger partial charge in [0.2, 0.25) is 6.39 Å². The first-order valence-corrected chi connectivity index (χ1v) is 9.66. The molecule has 0 radical (unpaired) electrons. The molecule has 0 N–H and O–H groups in total. The van der Waals surface area contributed by atoms with Gasteiger partial charge in [-0.2, -0.15) is 27.1 Å². The van der Waals surface area contributed by atoms with E-state index in [9.17, 15) is 22.0 Å². The quantitative estimate of drug-likeness (QED) is 0.348. The Morgan fingerprint density at radius 2 is 1.79 bits per heavy atom. The second-order valence-electron chi connectivity index (χ2n) is 7.57. The van der Waals surface area contributed by atoms with E-state index in [-0.39, 0.29) is 40.2 Å². The predicted molar refractivity (Wildman–Crippen MR) is 105 cm³/mol. The van der Waals surface area contributed by atoms with Crippen LogP contribution in [0.2, 0.25) is 0 Å². The van der Waals surface area contributed by atoms with Crippen LogP contribution in [-0.2, 0) is 5.92 Å². The summed E-state index contributed by atoms with van der Waals surface area (Å²) >= 11 is 0. The summed E-state index contributed by atoms with van der Waals surface area (Å²) in [5, 5.41) is 12.0. The number of hydrogen-bond acceptors (Lipinski definition) is 6. The van der Waals surface area contributed by atoms with E-state index in [4.69, 9.17) is 4.42 Å². The molecule has 0 saturated carbocycles. The third kappa shape index (κ3) is 3.31. The summed E-state index contributed by atoms with van der Waals surface area (Å²) in [7, 11) is 0. The van der Waals surface area contributed by atoms with Crippen molar-refractivity contribution in [3.05, 3.63) is 48.7 Å². The van der Waals surface area contributed by atoms with Crippen LogP contribution in [0.15, 0.2) is 47.5 Å². The van der Waals surface area contributed by atoms with Crippen LogP contribution in [0.25, 0.3) is 39.5 Å². The van der Waals surface area contributed by atoms with Gasteiger partial charge in [-0.25, -0.2) is 9.97 Å². The topological polar surface area (TPSA) is 86.9 Å². The summed E-state index contributed by atoms with van der Waals surface area (Å²) in [6.07, 6.45) is -1.75. The lowest BCUT2D eigenvalue weighted by molar-refractivity contribution is -0.290. The number of imidazole rings is 1. The van der Waals surface area contributed by atoms with Crippen molar-refractivity contribution in [2.24, 2.45) is 0 Å². The molecule has 33 heavy (non-hydrogen) atoms. The van der Waals surface area contributed by atoms with Gasteiger partial charge in [0.25, 0.3) is 5.89 Å². The van der Waals surface area contributed by atoms with E-state index in [0.29, 0.717) is 5.39 Å². The molecule has 0 aliphatic heterocycles. The largest absolute Gasteiger partial charge is 0.459 e. The van der Waals surface area contributed by atoms with Crippen LogP contribution in [0.5, 0.6) is 0 Å². The maximum Gasteiger partial charge on any atom is 0.459 e. The molecule has 5 rings (SSSR count). The molecule has 0 aromatic carbocycles. The fourth-order valence-electron chi connectivity index (χ4n) is 3.40. The minimum atomic E-state index is -5.83. The SMILES string of the molecule is CC(C)n1ccc(-c2cc(C(F)(F)C(F)(F)F)nc3c2ccc2nc(-c4nnco4)cn23)n1. The Hall–Kier alpha value is -3.90. The van der Waals surface area contributed by atoms with Gasteiger partial charge in [0.05, 0.1) is 5.69 Å². The Balaban J connectivity index is 1.83. The van der Waals surface area contributed by atoms with E-state index >= 15 is 0 Å². The average molecular weight is 463 g/mol. The van der Waals surface area contributed by atoms with E-state index in [2.05, 4.69) is 25.3 Å². The normalized spacial score (nSPS) is 13.0. The Morgan fingerprint density at radius 3 is 2.42 bits per heavy atom. The van der Waals surface area contributed by atoms with Gasteiger partial charge in [-0.3, -0.25) is 9.08 Å². The summed E-state index contributed by atoms with van der Waals surface area (Å²) < 4.78 is 76.4. The molecule has 5 aromatic heterocycles. The number of pyridine rings is 2. The standard InChI is InChI=1S/C20H14F5N7O/c1-10(2)32-6-5-13(30-32)12-7-15(19(21,22)20(23,24)25)28-17-11(12)3-4-16-27-14(8-31(16)17)18-29-26-9-33-18/h3-10H,1-2H3. The number of hydrogen-bond donors (Lipinski definition) is 0. The smallest absolute Gasteiger partial charge is 0.422 e. The van der Waals surface area contributed by atoms with Crippen LogP contribution in [0.1, 0.15) is 25.6 Å². The molecular formula is C20H14F5N7O. The van der Waals surface area contributed by atoms with Gasteiger partial charge >= 0.3 is 12.1 Å². The van der Waals surface area contributed by atoms with E-state index in [1.54, 1.807) is 29.1 Å². The average Bonchev–Trinajstić information content (AvgIpc) is 3.52. The predicted octanol–water partition coefficient (Wildman–Crippen LogP) is 5.03. The molecule has 5 aromatic rings. The Labute approximate surface area is 181 Å². The highest BCUT2D eigenvalue weighted by atomic mass is 19.4. The molecule has 0 fully saturated rings. The maximum atomic E-state index is 14.4. The van der Waals surface area contributed by atoms with Gasteiger partial charge in [-0.15, -0.1) is 10.2 Å². The van der Waals surface area contributed by atoms with Crippen LogP contribution in [0.3, 0.4) is 0 Å². The summed E-state index contributed by atoms with van der Waals surface area (Å²) in [5.41, 5.74) is -0.839. The molecular weight excluding hydrogens is 449 g/mol. The van der Waals surface area contributed by atoms with Crippen molar-refractivity contribution >= 4 is 16.7 Å². The monoisotopic (exact) mass is 463 g/mol. The molecule has 0 spiro atoms. The molecule has 170 valence electrons. The Kier molecular flexibility index (Phi) is 4.48. The van der Waals surface area contributed by atoms with Gasteiger partial charge in [-0.05, 0) is 38.1 Å². The lowest BCUT2D eigenvalue weighted by Gasteiger charge is -2.20. The second-order valence-corrected chi connectivity index (χ2v) is 7.57. The van der Waals surface area contributed by atoms with Crippen molar-refractivity contribution in [1.29, 1.82) is 0 Å². The van der Waals surface area contributed by atoms with Gasteiger partial charge in [0.1, 0.15) is 22.7 Å². The lowest BCUT2D eigenvalue weighted by atomic mass is 10.0. The van der Waals surface area contributed by atoms with Crippen LogP contribution >= 0.6 is 0 Å². The highest BCUT2D eigenvalue weighted by molar-refractivity contribution is 5.93. The number of alkyl halides is 5. The van der Waals surface area contributed by atoms with Crippen molar-refractivity contribution in [3.63, 3.8) is 0 Å². The van der Waals surface area contributed by atoms with Gasteiger partial charge < -0.3 is 4.42 Å². The van der Waals surface area contributed by atoms with E-state index in [1.807, 2.05) is 13.8 Å². The summed E-state index contributed by atoms with van der Waals surface area (Å²) in [6.45, 7) is 3.72. The minimum Gasteiger partial charge on any atom is -0.422 e. The fraction of sp³-hybridized carbons (Fsp3) is 0.250. The van der Waals surface area contributed by atoms with Crippen molar-refractivity contribution in [2.75, 3.05) is 0 Å². The van der Waals surface area contributed by atoms with E-state index < -0.39 is 17.8 Å². The zero-order valence-corrected chi connectivity index (χ0v) is 17.0. The van der Waals surface area contributed by atoms with Crippen LogP contribution in [0, 0.1) is 0 Å². The summed E-state index contributed by atoms with van der Waals surface area (Å²) in [5.74, 6) is -5.13. The molecule has 0 aliphatic carbocycles. The lowest BCUT2D eigenvalue weighted by Crippen LogP contribution is -2.34. The Bertz CT molecular complexity index is 1470. The zero-order chi connectivity index (χ0) is 23.5. The number of aromatic nitrogens is 7. The van der Waals surface area contributed by atoms with Gasteiger partial charge in [0.15, 0.2) is 0 Å². The first kappa shape index (κ1) is 21.0. The van der Waals surface area contributed by atoms with Crippen molar-refractivity contribution in [3.8, 4) is 22.8 Å². The van der Waals surface area contributed by atoms with E-state index in [1.165, 1.54) is 10.6 Å². The zero-order valence-electron chi connectivity index (χ0n) is 17.0. The minimum absolute atomic E-state index is 0.0414. The van der Waals surface area contributed by atoms with Crippen LogP contribution in [-0.4, -0.2) is 40.5 Å². The van der Waals surface area contributed by atoms with Crippen LogP contribution in [0.4, 0.5) is 22.0 Å². The highest BCUT2D eigenvalue weighted by Gasteiger charge is 2.60. The Morgan fingerprint density at radius 1 is 1.00 bits per heavy atom. The van der Waals surface area contributed by atoms with Crippen molar-refractivity contribution in [1.82, 2.24) is 34.3 Å². The molecule has 0 aliphatic rings. The first-order valence-electron chi connectivity index (χ1n) is 9.66. The molecule has 8 nitrogen and oxygen atoms in total. The van der Waals surface area contributed by atoms with Crippen molar-refractivity contribution < 1.29 is 26.4 Å². The molecule has 0 amide bonds. The van der Waals surface area contributed by atoms with Gasteiger partial charge in [-0.1, -0.05) is 0 Å². The second kappa shape index (κ2) is 7.05. The molecule has 0 atom stereocenters. The van der Waals surface area contributed by atoms with E-state index in [0.717, 1.165) is 12.5 Å². The molecule has 0 unspecified atom stereocenters. The third-order valence-electron chi connectivity index (χ3n) is 5.07. The first-order chi connectivity index (χ1) is 15.6. The third-order valence-corrected chi connectivity index (χ3v) is 5.07. The number of fused-ring (bicyclic) bond motifs is 3. The number of rotatable bonds is 4. The maximum absolute atomic E-state index is 14.4.